The average molecular weight is 939 g/mol. The average Bonchev–Trinajstić information content (AvgIpc) is 3.92. The Bertz CT molecular complexity index is 2620. The highest BCUT2D eigenvalue weighted by molar-refractivity contribution is 6.34. The molecule has 0 saturated heterocycles. The zero-order valence-electron chi connectivity index (χ0n) is 34.3. The second kappa shape index (κ2) is 19.1. The molecule has 0 amide bonds. The van der Waals surface area contributed by atoms with Crippen molar-refractivity contribution < 1.29 is 42.3 Å². The third-order valence-electron chi connectivity index (χ3n) is 10.3. The fourth-order valence-electron chi connectivity index (χ4n) is 7.03. The molecular formula is C44H40Cl4N6O9. The maximum absolute atomic E-state index is 13.0. The molecule has 2 aromatic carbocycles. The van der Waals surface area contributed by atoms with Crippen LogP contribution in [0.5, 0.6) is 23.3 Å². The maximum Gasteiger partial charge on any atom is 0.316 e. The zero-order valence-corrected chi connectivity index (χ0v) is 37.4. The minimum Gasteiger partial charge on any atom is -0.490 e. The van der Waals surface area contributed by atoms with Crippen LogP contribution in [0.1, 0.15) is 66.2 Å². The third kappa shape index (κ3) is 10.5. The molecule has 6 aromatic rings. The Kier molecular flexibility index (Phi) is 13.4. The molecule has 4 heterocycles. The Hall–Kier alpha value is -5.48. The van der Waals surface area contributed by atoms with Crippen molar-refractivity contribution in [3.63, 3.8) is 0 Å². The molecule has 19 heteroatoms. The Morgan fingerprint density at radius 2 is 1.06 bits per heavy atom. The second-order valence-corrected chi connectivity index (χ2v) is 17.4. The van der Waals surface area contributed by atoms with E-state index in [1.54, 1.807) is 54.7 Å². The lowest BCUT2D eigenvalue weighted by molar-refractivity contribution is -0.170. The van der Waals surface area contributed by atoms with E-state index in [-0.39, 0.29) is 47.8 Å². The summed E-state index contributed by atoms with van der Waals surface area (Å²) in [6, 6.07) is 13.6. The monoisotopic (exact) mass is 936 g/mol. The summed E-state index contributed by atoms with van der Waals surface area (Å²) in [6.45, 7) is 7.52. The summed E-state index contributed by atoms with van der Waals surface area (Å²) in [5, 5.41) is 9.49. The molecule has 2 aliphatic rings. The first-order valence-corrected chi connectivity index (χ1v) is 21.8. The lowest BCUT2D eigenvalue weighted by Crippen LogP contribution is -2.40. The van der Waals surface area contributed by atoms with Crippen LogP contribution < -0.4 is 18.9 Å². The fourth-order valence-corrected chi connectivity index (χ4v) is 7.96. The molecule has 0 radical (unpaired) electrons. The number of halogens is 4. The van der Waals surface area contributed by atoms with Gasteiger partial charge in [0.1, 0.15) is 27.6 Å². The van der Waals surface area contributed by atoms with Crippen LogP contribution in [0.2, 0.25) is 20.1 Å². The van der Waals surface area contributed by atoms with E-state index >= 15 is 0 Å². The van der Waals surface area contributed by atoms with E-state index in [0.29, 0.717) is 104 Å². The number of rotatable bonds is 14. The lowest BCUT2D eigenvalue weighted by atomic mass is 9.82. The molecule has 0 atom stereocenters. The lowest BCUT2D eigenvalue weighted by Gasteiger charge is -2.34. The van der Waals surface area contributed by atoms with Crippen molar-refractivity contribution in [3.05, 3.63) is 81.0 Å². The fraction of sp³-hybridized carbons (Fsp3) is 0.364. The second-order valence-electron chi connectivity index (χ2n) is 15.7. The van der Waals surface area contributed by atoms with Crippen LogP contribution in [0, 0.1) is 11.8 Å². The van der Waals surface area contributed by atoms with E-state index in [4.69, 9.17) is 79.1 Å². The molecule has 63 heavy (non-hydrogen) atoms. The molecule has 0 spiro atoms. The van der Waals surface area contributed by atoms with E-state index in [9.17, 15) is 9.59 Å². The number of ether oxygens (including phenoxy) is 5. The predicted molar refractivity (Wildman–Crippen MR) is 232 cm³/mol. The van der Waals surface area contributed by atoms with Crippen molar-refractivity contribution >= 4 is 58.3 Å². The number of benzene rings is 2. The Labute approximate surface area is 381 Å². The van der Waals surface area contributed by atoms with Crippen molar-refractivity contribution in [2.75, 3.05) is 0 Å². The third-order valence-corrected chi connectivity index (χ3v) is 11.4. The number of esters is 2. The van der Waals surface area contributed by atoms with Gasteiger partial charge in [0.2, 0.25) is 23.4 Å². The van der Waals surface area contributed by atoms with Gasteiger partial charge < -0.3 is 32.7 Å². The first-order valence-electron chi connectivity index (χ1n) is 20.3. The number of pyridine rings is 2. The van der Waals surface area contributed by atoms with Crippen LogP contribution in [-0.4, -0.2) is 66.6 Å². The van der Waals surface area contributed by atoms with E-state index in [1.807, 2.05) is 27.7 Å². The minimum atomic E-state index is -0.545. The van der Waals surface area contributed by atoms with Crippen molar-refractivity contribution in [3.8, 4) is 68.9 Å². The van der Waals surface area contributed by atoms with Gasteiger partial charge >= 0.3 is 11.9 Å². The number of nitrogens with zero attached hydrogens (tertiary/aromatic N) is 6. The number of aromatic nitrogens is 6. The molecule has 2 aliphatic carbocycles. The molecule has 328 valence electrons. The van der Waals surface area contributed by atoms with E-state index in [1.165, 1.54) is 6.20 Å². The van der Waals surface area contributed by atoms with Gasteiger partial charge in [0, 0.05) is 23.5 Å². The van der Waals surface area contributed by atoms with E-state index in [0.717, 1.165) is 0 Å². The van der Waals surface area contributed by atoms with Gasteiger partial charge in [0.25, 0.3) is 11.8 Å². The molecule has 0 bridgehead atoms. The SMILES string of the molecule is CC(C)Oc1ncc(-c2nc(-c3ccc(OC4CCC(C(=O)OC(=O)C5CC(Oc6ccc(-c7noc(-c8cnc(OC(C)C)c(Cl)c8)n7)c(Cl)c6)C5)CC4)cc3Cl)no2)cc1Cl. The van der Waals surface area contributed by atoms with Gasteiger partial charge in [0.05, 0.1) is 51.3 Å². The summed E-state index contributed by atoms with van der Waals surface area (Å²) in [5.74, 6) is 0.771. The van der Waals surface area contributed by atoms with Crippen molar-refractivity contribution in [1.29, 1.82) is 0 Å². The first kappa shape index (κ1) is 44.1. The van der Waals surface area contributed by atoms with Gasteiger partial charge in [-0.15, -0.1) is 0 Å². The number of carbonyl (C=O) groups is 2. The molecule has 0 unspecified atom stereocenters. The van der Waals surface area contributed by atoms with Crippen molar-refractivity contribution in [1.82, 2.24) is 30.2 Å². The maximum atomic E-state index is 13.0. The summed E-state index contributed by atoms with van der Waals surface area (Å²) in [4.78, 5) is 43.3. The summed E-state index contributed by atoms with van der Waals surface area (Å²) >= 11 is 25.9. The van der Waals surface area contributed by atoms with Crippen LogP contribution in [0.25, 0.3) is 45.7 Å². The zero-order chi connectivity index (χ0) is 44.4. The molecule has 0 N–H and O–H groups in total. The predicted octanol–water partition coefficient (Wildman–Crippen LogP) is 11.0. The normalized spacial score (nSPS) is 18.5. The molecule has 4 aromatic heterocycles. The van der Waals surface area contributed by atoms with Crippen LogP contribution >= 0.6 is 46.4 Å². The Morgan fingerprint density at radius 1 is 0.603 bits per heavy atom. The summed E-state index contributed by atoms with van der Waals surface area (Å²) in [6.07, 6.45) is 5.56. The van der Waals surface area contributed by atoms with Crippen molar-refractivity contribution in [2.45, 2.75) is 90.6 Å². The minimum absolute atomic E-state index is 0.0830. The number of carbonyl (C=O) groups excluding carboxylic acids is 2. The van der Waals surface area contributed by atoms with Gasteiger partial charge in [-0.1, -0.05) is 56.7 Å². The largest absolute Gasteiger partial charge is 0.490 e. The van der Waals surface area contributed by atoms with E-state index in [2.05, 4.69) is 30.2 Å². The summed E-state index contributed by atoms with van der Waals surface area (Å²) in [7, 11) is 0. The van der Waals surface area contributed by atoms with E-state index < -0.39 is 23.8 Å². The highest BCUT2D eigenvalue weighted by Crippen LogP contribution is 2.38. The summed E-state index contributed by atoms with van der Waals surface area (Å²) < 4.78 is 39.7. The van der Waals surface area contributed by atoms with Gasteiger partial charge in [-0.3, -0.25) is 9.59 Å². The van der Waals surface area contributed by atoms with Gasteiger partial charge in [-0.05, 0) is 115 Å². The molecule has 8 rings (SSSR count). The van der Waals surface area contributed by atoms with Gasteiger partial charge in [0.15, 0.2) is 0 Å². The van der Waals surface area contributed by atoms with Gasteiger partial charge in [-0.25, -0.2) is 9.97 Å². The first-order chi connectivity index (χ1) is 30.3. The number of hydrogen-bond acceptors (Lipinski definition) is 15. The number of hydrogen-bond donors (Lipinski definition) is 0. The summed E-state index contributed by atoms with van der Waals surface area (Å²) in [5.41, 5.74) is 2.13. The van der Waals surface area contributed by atoms with Crippen LogP contribution in [0.4, 0.5) is 0 Å². The quantitative estimate of drug-likeness (QED) is 0.0741. The highest BCUT2D eigenvalue weighted by atomic mass is 35.5. The Morgan fingerprint density at radius 3 is 1.51 bits per heavy atom. The molecule has 0 aliphatic heterocycles. The molecular weight excluding hydrogens is 898 g/mol. The topological polar surface area (TPSA) is 184 Å². The standard InChI is InChI=1S/C44H40Cl4N6O9/c1-21(2)57-41-35(47)15-25(19-49-41)39-51-37(53-62-39)31-11-9-28(17-33(31)45)59-27-7-5-23(6-8-27)43(55)61-44(56)24-13-30(14-24)60-29-10-12-32(34(46)18-29)38-52-40(63-54-38)26-16-36(48)42(50-20-26)58-22(3)4/h9-12,15-24,27,30H,5-8,13-14H2,1-4H3. The molecule has 2 fully saturated rings. The van der Waals surface area contributed by atoms with Crippen LogP contribution in [0.3, 0.4) is 0 Å². The van der Waals surface area contributed by atoms with Crippen LogP contribution in [-0.2, 0) is 14.3 Å². The molecule has 15 nitrogen and oxygen atoms in total. The van der Waals surface area contributed by atoms with Gasteiger partial charge in [-0.2, -0.15) is 9.97 Å². The smallest absolute Gasteiger partial charge is 0.316 e. The molecule has 2 saturated carbocycles. The van der Waals surface area contributed by atoms with Crippen molar-refractivity contribution in [2.24, 2.45) is 11.8 Å². The Balaban J connectivity index is 0.765. The van der Waals surface area contributed by atoms with Crippen LogP contribution in [0.15, 0.2) is 70.0 Å². The highest BCUT2D eigenvalue weighted by Gasteiger charge is 2.40.